The summed E-state index contributed by atoms with van der Waals surface area (Å²) < 4.78 is 0. The molecule has 0 bridgehead atoms. The van der Waals surface area contributed by atoms with Gasteiger partial charge in [-0.3, -0.25) is 0 Å². The van der Waals surface area contributed by atoms with Crippen LogP contribution in [-0.2, 0) is 0 Å². The summed E-state index contributed by atoms with van der Waals surface area (Å²) >= 11 is 0. The van der Waals surface area contributed by atoms with Gasteiger partial charge >= 0.3 is 0 Å². The number of aryl methyl sites for hydroxylation is 2. The zero-order valence-corrected chi connectivity index (χ0v) is 10.5. The molecule has 0 aromatic heterocycles. The summed E-state index contributed by atoms with van der Waals surface area (Å²) in [5, 5.41) is 7.03. The van der Waals surface area contributed by atoms with Crippen LogP contribution >= 0.6 is 0 Å². The molecule has 16 heavy (non-hydrogen) atoms. The van der Waals surface area contributed by atoms with Crippen molar-refractivity contribution in [2.45, 2.75) is 38.8 Å². The highest BCUT2D eigenvalue weighted by atomic mass is 15.0. The Kier molecular flexibility index (Phi) is 3.62. The Bertz CT molecular complexity index is 360. The van der Waals surface area contributed by atoms with Gasteiger partial charge in [-0.25, -0.2) is 0 Å². The van der Waals surface area contributed by atoms with Crippen LogP contribution in [-0.4, -0.2) is 19.6 Å². The summed E-state index contributed by atoms with van der Waals surface area (Å²) in [6.07, 6.45) is 2.43. The maximum Gasteiger partial charge on any atom is 0.0337 e. The van der Waals surface area contributed by atoms with Crippen LogP contribution in [0.1, 0.15) is 35.6 Å². The molecule has 0 amide bonds. The Hall–Kier alpha value is -0.860. The van der Waals surface area contributed by atoms with Gasteiger partial charge in [0.1, 0.15) is 0 Å². The number of piperidine rings is 1. The van der Waals surface area contributed by atoms with E-state index in [1.165, 1.54) is 29.5 Å². The smallest absolute Gasteiger partial charge is 0.0337 e. The molecule has 1 aliphatic heterocycles. The molecular formula is C14H22N2. The highest BCUT2D eigenvalue weighted by molar-refractivity contribution is 5.33. The highest BCUT2D eigenvalue weighted by Gasteiger charge is 2.22. The molecule has 1 aliphatic rings. The third kappa shape index (κ3) is 2.45. The molecule has 1 aromatic carbocycles. The molecule has 88 valence electrons. The first kappa shape index (κ1) is 11.6. The van der Waals surface area contributed by atoms with Crippen LogP contribution in [0.2, 0.25) is 0 Å². The lowest BCUT2D eigenvalue weighted by Crippen LogP contribution is -2.40. The van der Waals surface area contributed by atoms with Crippen molar-refractivity contribution in [3.63, 3.8) is 0 Å². The lowest BCUT2D eigenvalue weighted by Gasteiger charge is -2.31. The molecular weight excluding hydrogens is 196 g/mol. The van der Waals surface area contributed by atoms with Gasteiger partial charge in [0.2, 0.25) is 0 Å². The van der Waals surface area contributed by atoms with Gasteiger partial charge in [0.15, 0.2) is 0 Å². The lowest BCUT2D eigenvalue weighted by atomic mass is 9.90. The van der Waals surface area contributed by atoms with Crippen molar-refractivity contribution >= 4 is 0 Å². The lowest BCUT2D eigenvalue weighted by molar-refractivity contribution is 0.336. The van der Waals surface area contributed by atoms with E-state index >= 15 is 0 Å². The second kappa shape index (κ2) is 4.98. The normalized spacial score (nSPS) is 25.7. The Morgan fingerprint density at radius 1 is 1.31 bits per heavy atom. The summed E-state index contributed by atoms with van der Waals surface area (Å²) in [6, 6.07) is 7.93. The van der Waals surface area contributed by atoms with Crippen molar-refractivity contribution in [2.75, 3.05) is 13.6 Å². The maximum atomic E-state index is 3.63. The monoisotopic (exact) mass is 218 g/mol. The Balaban J connectivity index is 2.19. The predicted octanol–water partition coefficient (Wildman–Crippen LogP) is 2.32. The van der Waals surface area contributed by atoms with Gasteiger partial charge in [-0.05, 0) is 51.4 Å². The fourth-order valence-electron chi connectivity index (χ4n) is 2.55. The summed E-state index contributed by atoms with van der Waals surface area (Å²) in [6.45, 7) is 5.49. The summed E-state index contributed by atoms with van der Waals surface area (Å²) in [5.41, 5.74) is 4.23. The average Bonchev–Trinajstić information content (AvgIpc) is 2.32. The minimum atomic E-state index is 0.520. The van der Waals surface area contributed by atoms with Gasteiger partial charge in [0, 0.05) is 12.1 Å². The molecule has 1 fully saturated rings. The van der Waals surface area contributed by atoms with E-state index in [1.54, 1.807) is 0 Å². The highest BCUT2D eigenvalue weighted by Crippen LogP contribution is 2.26. The molecule has 2 unspecified atom stereocenters. The average molecular weight is 218 g/mol. The second-order valence-corrected chi connectivity index (χ2v) is 4.88. The van der Waals surface area contributed by atoms with Crippen LogP contribution in [0.3, 0.4) is 0 Å². The molecule has 2 N–H and O–H groups in total. The Morgan fingerprint density at radius 3 is 2.88 bits per heavy atom. The maximum absolute atomic E-state index is 3.63. The quantitative estimate of drug-likeness (QED) is 0.796. The van der Waals surface area contributed by atoms with Crippen LogP contribution in [0.4, 0.5) is 0 Å². The van der Waals surface area contributed by atoms with Crippen LogP contribution in [0.25, 0.3) is 0 Å². The summed E-state index contributed by atoms with van der Waals surface area (Å²) in [4.78, 5) is 0. The number of nitrogens with one attached hydrogen (secondary N) is 2. The first-order valence-electron chi connectivity index (χ1n) is 6.18. The van der Waals surface area contributed by atoms with Gasteiger partial charge in [-0.1, -0.05) is 23.8 Å². The molecule has 1 saturated heterocycles. The van der Waals surface area contributed by atoms with Gasteiger partial charge in [-0.15, -0.1) is 0 Å². The fraction of sp³-hybridized carbons (Fsp3) is 0.571. The number of hydrogen-bond donors (Lipinski definition) is 2. The van der Waals surface area contributed by atoms with Gasteiger partial charge in [0.25, 0.3) is 0 Å². The summed E-state index contributed by atoms with van der Waals surface area (Å²) in [5.74, 6) is 0. The zero-order chi connectivity index (χ0) is 11.5. The molecule has 0 saturated carbocycles. The molecule has 2 heteroatoms. The topological polar surface area (TPSA) is 24.1 Å². The van der Waals surface area contributed by atoms with Gasteiger partial charge in [0.05, 0.1) is 0 Å². The van der Waals surface area contributed by atoms with E-state index in [4.69, 9.17) is 0 Å². The molecule has 1 aromatic rings. The van der Waals surface area contributed by atoms with Gasteiger partial charge in [-0.2, -0.15) is 0 Å². The standard InChI is InChI=1S/C14H22N2/c1-10-4-5-11(2)13(8-10)14-9-12(15-3)6-7-16-14/h4-5,8,12,14-16H,6-7,9H2,1-3H3. The number of benzene rings is 1. The van der Waals surface area contributed by atoms with Crippen LogP contribution in [0.15, 0.2) is 18.2 Å². The van der Waals surface area contributed by atoms with Gasteiger partial charge < -0.3 is 10.6 Å². The molecule has 0 aliphatic carbocycles. The van der Waals surface area contributed by atoms with E-state index in [2.05, 4.69) is 49.7 Å². The van der Waals surface area contributed by atoms with Crippen molar-refractivity contribution in [3.8, 4) is 0 Å². The number of hydrogen-bond acceptors (Lipinski definition) is 2. The van der Waals surface area contributed by atoms with Crippen LogP contribution in [0.5, 0.6) is 0 Å². The zero-order valence-electron chi connectivity index (χ0n) is 10.5. The Morgan fingerprint density at radius 2 is 2.12 bits per heavy atom. The molecule has 2 rings (SSSR count). The van der Waals surface area contributed by atoms with E-state index < -0.39 is 0 Å². The first-order chi connectivity index (χ1) is 7.70. The van der Waals surface area contributed by atoms with Crippen LogP contribution in [0, 0.1) is 13.8 Å². The summed E-state index contributed by atoms with van der Waals surface area (Å²) in [7, 11) is 2.07. The molecule has 1 heterocycles. The largest absolute Gasteiger partial charge is 0.317 e. The van der Waals surface area contributed by atoms with Crippen molar-refractivity contribution in [3.05, 3.63) is 34.9 Å². The fourth-order valence-corrected chi connectivity index (χ4v) is 2.55. The minimum absolute atomic E-state index is 0.520. The SMILES string of the molecule is CNC1CCNC(c2cc(C)ccc2C)C1. The third-order valence-corrected chi connectivity index (χ3v) is 3.62. The molecule has 2 atom stereocenters. The van der Waals surface area contributed by atoms with Crippen molar-refractivity contribution in [2.24, 2.45) is 0 Å². The molecule has 0 spiro atoms. The minimum Gasteiger partial charge on any atom is -0.317 e. The second-order valence-electron chi connectivity index (χ2n) is 4.88. The first-order valence-corrected chi connectivity index (χ1v) is 6.18. The Labute approximate surface area is 98.4 Å². The van der Waals surface area contributed by atoms with Crippen molar-refractivity contribution in [1.82, 2.24) is 10.6 Å². The predicted molar refractivity (Wildman–Crippen MR) is 68.7 cm³/mol. The van der Waals surface area contributed by atoms with E-state index in [-0.39, 0.29) is 0 Å². The van der Waals surface area contributed by atoms with E-state index in [9.17, 15) is 0 Å². The van der Waals surface area contributed by atoms with E-state index in [1.807, 2.05) is 0 Å². The van der Waals surface area contributed by atoms with Crippen molar-refractivity contribution < 1.29 is 0 Å². The number of rotatable bonds is 2. The van der Waals surface area contributed by atoms with E-state index in [0.29, 0.717) is 12.1 Å². The van der Waals surface area contributed by atoms with E-state index in [0.717, 1.165) is 6.54 Å². The third-order valence-electron chi connectivity index (χ3n) is 3.62. The molecule has 0 radical (unpaired) electrons. The van der Waals surface area contributed by atoms with Crippen molar-refractivity contribution in [1.29, 1.82) is 0 Å². The molecule has 2 nitrogen and oxygen atoms in total. The van der Waals surface area contributed by atoms with Crippen LogP contribution < -0.4 is 10.6 Å².